The van der Waals surface area contributed by atoms with Crippen LogP contribution in [0.15, 0.2) is 66.7 Å². The normalized spacial score (nSPS) is 13.8. The van der Waals surface area contributed by atoms with Gasteiger partial charge in [0.15, 0.2) is 5.78 Å². The van der Waals surface area contributed by atoms with Gasteiger partial charge in [-0.2, -0.15) is 0 Å². The number of benzene rings is 3. The maximum absolute atomic E-state index is 13.9. The molecule has 3 aromatic rings. The largest absolute Gasteiger partial charge is 0.508 e. The summed E-state index contributed by atoms with van der Waals surface area (Å²) in [4.78, 5) is 35.0. The van der Waals surface area contributed by atoms with Crippen LogP contribution < -0.4 is 0 Å². The summed E-state index contributed by atoms with van der Waals surface area (Å²) in [6.45, 7) is 9.82. The van der Waals surface area contributed by atoms with Crippen LogP contribution in [0.2, 0.25) is 0 Å². The number of rotatable bonds is 10. The Kier molecular flexibility index (Phi) is 10.4. The summed E-state index contributed by atoms with van der Waals surface area (Å²) in [5.74, 6) is -1.64. The lowest BCUT2D eigenvalue weighted by molar-refractivity contribution is -0.130. The Hall–Kier alpha value is -4.13. The molecule has 0 bridgehead atoms. The van der Waals surface area contributed by atoms with Crippen molar-refractivity contribution >= 4 is 17.7 Å². The van der Waals surface area contributed by atoms with Crippen molar-refractivity contribution in [2.45, 2.75) is 71.1 Å². The zero-order chi connectivity index (χ0) is 29.4. The van der Waals surface area contributed by atoms with Gasteiger partial charge in [-0.1, -0.05) is 57.0 Å². The standard InChI is InChI=1S/C23H30O3.C9H8O4/c1-5-15-22(3,17-7-11-19(24)12-8-17)21(26)23(4,16-6-2)18-9-13-20(25)14-10-18;1-5-2-3-6(8(10)11)4-7(5)9(12)13/h7-14,24-25H,5-6,15-16H2,1-4H3;2-4H,1H3,(H,10,11)(H,12,13). The molecule has 7 heteroatoms. The monoisotopic (exact) mass is 534 g/mol. The van der Waals surface area contributed by atoms with E-state index < -0.39 is 22.8 Å². The lowest BCUT2D eigenvalue weighted by Crippen LogP contribution is -2.46. The molecule has 0 aromatic heterocycles. The molecule has 0 aliphatic heterocycles. The van der Waals surface area contributed by atoms with Gasteiger partial charge in [0.25, 0.3) is 0 Å². The van der Waals surface area contributed by atoms with Crippen LogP contribution in [-0.2, 0) is 15.6 Å². The Morgan fingerprint density at radius 3 is 1.41 bits per heavy atom. The van der Waals surface area contributed by atoms with E-state index >= 15 is 0 Å². The molecule has 208 valence electrons. The first kappa shape index (κ1) is 31.1. The Balaban J connectivity index is 0.000000344. The van der Waals surface area contributed by atoms with Crippen LogP contribution in [-0.4, -0.2) is 38.1 Å². The Morgan fingerprint density at radius 2 is 1.08 bits per heavy atom. The van der Waals surface area contributed by atoms with E-state index in [-0.39, 0.29) is 28.4 Å². The molecule has 3 aromatic carbocycles. The fourth-order valence-corrected chi connectivity index (χ4v) is 5.03. The van der Waals surface area contributed by atoms with Gasteiger partial charge in [0, 0.05) is 0 Å². The predicted octanol–water partition coefficient (Wildman–Crippen LogP) is 6.87. The average Bonchev–Trinajstić information content (AvgIpc) is 2.89. The van der Waals surface area contributed by atoms with E-state index in [0.29, 0.717) is 5.56 Å². The highest BCUT2D eigenvalue weighted by atomic mass is 16.4. The quantitative estimate of drug-likeness (QED) is 0.223. The van der Waals surface area contributed by atoms with Crippen LogP contribution in [0.4, 0.5) is 0 Å². The van der Waals surface area contributed by atoms with Gasteiger partial charge in [-0.3, -0.25) is 4.79 Å². The van der Waals surface area contributed by atoms with Crippen molar-refractivity contribution in [1.29, 1.82) is 0 Å². The fourth-order valence-electron chi connectivity index (χ4n) is 5.03. The second-order valence-electron chi connectivity index (χ2n) is 10.2. The number of phenolic OH excluding ortho intramolecular Hbond substituents is 2. The summed E-state index contributed by atoms with van der Waals surface area (Å²) in [6.07, 6.45) is 3.27. The van der Waals surface area contributed by atoms with Crippen molar-refractivity contribution in [1.82, 2.24) is 0 Å². The van der Waals surface area contributed by atoms with Crippen molar-refractivity contribution in [3.05, 3.63) is 94.5 Å². The highest BCUT2D eigenvalue weighted by Gasteiger charge is 2.45. The molecule has 3 rings (SSSR count). The number of aromatic hydroxyl groups is 2. The molecule has 0 amide bonds. The number of hydrogen-bond acceptors (Lipinski definition) is 5. The van der Waals surface area contributed by atoms with Gasteiger partial charge in [-0.05, 0) is 86.7 Å². The second kappa shape index (κ2) is 13.1. The fraction of sp³-hybridized carbons (Fsp3) is 0.344. The highest BCUT2D eigenvalue weighted by Crippen LogP contribution is 2.42. The number of hydrogen-bond donors (Lipinski definition) is 4. The first-order valence-electron chi connectivity index (χ1n) is 13.0. The smallest absolute Gasteiger partial charge is 0.335 e. The first-order chi connectivity index (χ1) is 18.3. The van der Waals surface area contributed by atoms with E-state index in [0.717, 1.165) is 42.9 Å². The number of Topliss-reactive ketones (excluding diaryl/α,β-unsaturated/α-hetero) is 1. The summed E-state index contributed by atoms with van der Waals surface area (Å²) >= 11 is 0. The SMILES string of the molecule is CCCC(C)(C(=O)C(C)(CCC)c1ccc(O)cc1)c1ccc(O)cc1.Cc1ccc(C(=O)O)cc1C(=O)O. The Labute approximate surface area is 229 Å². The molecule has 4 N–H and O–H groups in total. The van der Waals surface area contributed by atoms with Crippen molar-refractivity contribution in [3.63, 3.8) is 0 Å². The molecular weight excluding hydrogens is 496 g/mol. The second-order valence-corrected chi connectivity index (χ2v) is 10.2. The molecule has 7 nitrogen and oxygen atoms in total. The minimum absolute atomic E-state index is 0.0111. The summed E-state index contributed by atoms with van der Waals surface area (Å²) in [7, 11) is 0. The number of ketones is 1. The van der Waals surface area contributed by atoms with E-state index in [2.05, 4.69) is 13.8 Å². The van der Waals surface area contributed by atoms with Gasteiger partial charge < -0.3 is 20.4 Å². The number of carboxylic acids is 2. The van der Waals surface area contributed by atoms with E-state index in [1.807, 2.05) is 38.1 Å². The first-order valence-corrected chi connectivity index (χ1v) is 13.0. The molecule has 2 atom stereocenters. The third-order valence-electron chi connectivity index (χ3n) is 7.23. The predicted molar refractivity (Wildman–Crippen MR) is 151 cm³/mol. The molecule has 0 saturated heterocycles. The topological polar surface area (TPSA) is 132 Å². The van der Waals surface area contributed by atoms with Crippen LogP contribution in [0, 0.1) is 6.92 Å². The van der Waals surface area contributed by atoms with Crippen molar-refractivity contribution < 1.29 is 34.8 Å². The molecule has 0 spiro atoms. The Bertz CT molecular complexity index is 1230. The van der Waals surface area contributed by atoms with Crippen molar-refractivity contribution in [2.75, 3.05) is 0 Å². The number of aromatic carboxylic acids is 2. The molecule has 0 heterocycles. The molecule has 0 radical (unpaired) electrons. The van der Waals surface area contributed by atoms with Gasteiger partial charge in [0.05, 0.1) is 22.0 Å². The number of carboxylic acid groups (broad SMARTS) is 2. The lowest BCUT2D eigenvalue weighted by Gasteiger charge is -2.39. The van der Waals surface area contributed by atoms with Gasteiger partial charge in [-0.25, -0.2) is 9.59 Å². The van der Waals surface area contributed by atoms with E-state index in [9.17, 15) is 24.6 Å². The molecule has 0 aliphatic rings. The van der Waals surface area contributed by atoms with Crippen LogP contribution in [0.1, 0.15) is 90.8 Å². The van der Waals surface area contributed by atoms with Crippen molar-refractivity contribution in [2.24, 2.45) is 0 Å². The summed E-state index contributed by atoms with van der Waals surface area (Å²) < 4.78 is 0. The summed E-state index contributed by atoms with van der Waals surface area (Å²) in [5, 5.41) is 36.5. The zero-order valence-corrected chi connectivity index (χ0v) is 23.2. The lowest BCUT2D eigenvalue weighted by atomic mass is 9.62. The van der Waals surface area contributed by atoms with Gasteiger partial charge in [-0.15, -0.1) is 0 Å². The van der Waals surface area contributed by atoms with Crippen LogP contribution in [0.3, 0.4) is 0 Å². The molecule has 2 unspecified atom stereocenters. The van der Waals surface area contributed by atoms with E-state index in [1.165, 1.54) is 12.1 Å². The van der Waals surface area contributed by atoms with Crippen molar-refractivity contribution in [3.8, 4) is 11.5 Å². The third kappa shape index (κ3) is 7.25. The Morgan fingerprint density at radius 1 is 0.667 bits per heavy atom. The number of carbonyl (C=O) groups is 3. The molecule has 0 aliphatic carbocycles. The number of aryl methyl sites for hydroxylation is 1. The number of phenols is 2. The maximum atomic E-state index is 13.9. The van der Waals surface area contributed by atoms with Crippen LogP contribution >= 0.6 is 0 Å². The summed E-state index contributed by atoms with van der Waals surface area (Å²) in [5.41, 5.74) is 1.17. The zero-order valence-electron chi connectivity index (χ0n) is 23.2. The minimum atomic E-state index is -1.12. The van der Waals surface area contributed by atoms with E-state index in [4.69, 9.17) is 10.2 Å². The van der Waals surface area contributed by atoms with Gasteiger partial charge in [0.1, 0.15) is 11.5 Å². The van der Waals surface area contributed by atoms with Gasteiger partial charge >= 0.3 is 11.9 Å². The van der Waals surface area contributed by atoms with Crippen LogP contribution in [0.5, 0.6) is 11.5 Å². The summed E-state index contributed by atoms with van der Waals surface area (Å²) in [6, 6.07) is 18.0. The van der Waals surface area contributed by atoms with Crippen LogP contribution in [0.25, 0.3) is 0 Å². The van der Waals surface area contributed by atoms with E-state index in [1.54, 1.807) is 31.2 Å². The minimum Gasteiger partial charge on any atom is -0.508 e. The molecule has 39 heavy (non-hydrogen) atoms. The average molecular weight is 535 g/mol. The highest BCUT2D eigenvalue weighted by molar-refractivity contribution is 5.98. The number of carbonyl (C=O) groups excluding carboxylic acids is 1. The maximum Gasteiger partial charge on any atom is 0.335 e. The van der Waals surface area contributed by atoms with Gasteiger partial charge in [0.2, 0.25) is 0 Å². The molecule has 0 fully saturated rings. The third-order valence-corrected chi connectivity index (χ3v) is 7.23. The molecule has 0 saturated carbocycles. The molecular formula is C32H38O7.